The Balaban J connectivity index is 1.73. The molecule has 0 saturated carbocycles. The van der Waals surface area contributed by atoms with Gasteiger partial charge in [-0.25, -0.2) is 0 Å². The van der Waals surface area contributed by atoms with Gasteiger partial charge in [-0.1, -0.05) is 24.3 Å². The van der Waals surface area contributed by atoms with Crippen LogP contribution in [0.2, 0.25) is 0 Å². The highest BCUT2D eigenvalue weighted by Crippen LogP contribution is 2.32. The van der Waals surface area contributed by atoms with E-state index in [-0.39, 0.29) is 18.1 Å². The molecule has 0 spiro atoms. The first-order valence-corrected chi connectivity index (χ1v) is 7.93. The van der Waals surface area contributed by atoms with Gasteiger partial charge in [0.15, 0.2) is 12.9 Å². The molecule has 7 heteroatoms. The Bertz CT molecular complexity index is 876. The first kappa shape index (κ1) is 17.7. The molecule has 3 N–H and O–H groups in total. The van der Waals surface area contributed by atoms with Gasteiger partial charge in [0.25, 0.3) is 5.91 Å². The van der Waals surface area contributed by atoms with Crippen molar-refractivity contribution in [3.63, 3.8) is 0 Å². The summed E-state index contributed by atoms with van der Waals surface area (Å²) in [5, 5.41) is 21.3. The quantitative estimate of drug-likeness (QED) is 0.573. The predicted molar refractivity (Wildman–Crippen MR) is 96.6 cm³/mol. The van der Waals surface area contributed by atoms with Gasteiger partial charge in [-0.05, 0) is 29.8 Å². The summed E-state index contributed by atoms with van der Waals surface area (Å²) < 4.78 is 5.41. The molecule has 1 heterocycles. The molecule has 2 aromatic rings. The standard InChI is InChI=1S/C19H18N2O5/c1-21-15-8-6-12(10-16(15)26-11-18(21)23)7-9-17(22)20-14-5-3-2-4-13(14)19(24)25/h2-10,19,24-25H,11H2,1H3,(H,20,22)/b9-7+. The molecule has 134 valence electrons. The van der Waals surface area contributed by atoms with E-state index in [0.717, 1.165) is 5.56 Å². The molecule has 3 rings (SSSR count). The summed E-state index contributed by atoms with van der Waals surface area (Å²) in [6.07, 6.45) is 1.26. The zero-order valence-electron chi connectivity index (χ0n) is 14.0. The van der Waals surface area contributed by atoms with Crippen LogP contribution in [0.1, 0.15) is 17.4 Å². The SMILES string of the molecule is CN1C(=O)COc2cc(/C=C/C(=O)Nc3ccccc3C(O)O)ccc21. The number of para-hydroxylation sites is 1. The summed E-state index contributed by atoms with van der Waals surface area (Å²) >= 11 is 0. The third-order valence-corrected chi connectivity index (χ3v) is 3.99. The largest absolute Gasteiger partial charge is 0.482 e. The van der Waals surface area contributed by atoms with Crippen molar-refractivity contribution in [2.75, 3.05) is 23.9 Å². The maximum atomic E-state index is 12.1. The number of aliphatic hydroxyl groups excluding tert-OH is 1. The van der Waals surface area contributed by atoms with Crippen LogP contribution in [0.3, 0.4) is 0 Å². The lowest BCUT2D eigenvalue weighted by atomic mass is 10.1. The number of hydrogen-bond acceptors (Lipinski definition) is 5. The number of carbonyl (C=O) groups excluding carboxylic acids is 2. The van der Waals surface area contributed by atoms with Gasteiger partial charge in [0, 0.05) is 24.4 Å². The molecular formula is C19H18N2O5. The number of hydrogen-bond donors (Lipinski definition) is 3. The molecule has 0 aliphatic carbocycles. The smallest absolute Gasteiger partial charge is 0.264 e. The Labute approximate surface area is 150 Å². The van der Waals surface area contributed by atoms with Crippen LogP contribution in [0.15, 0.2) is 48.5 Å². The summed E-state index contributed by atoms with van der Waals surface area (Å²) in [5.41, 5.74) is 1.95. The zero-order chi connectivity index (χ0) is 18.7. The summed E-state index contributed by atoms with van der Waals surface area (Å²) in [5.74, 6) is 0.0392. The van der Waals surface area contributed by atoms with Gasteiger partial charge in [-0.3, -0.25) is 9.59 Å². The molecular weight excluding hydrogens is 336 g/mol. The van der Waals surface area contributed by atoms with Gasteiger partial charge in [0.1, 0.15) is 5.75 Å². The van der Waals surface area contributed by atoms with Crippen LogP contribution >= 0.6 is 0 Å². The summed E-state index contributed by atoms with van der Waals surface area (Å²) in [6, 6.07) is 11.7. The van der Waals surface area contributed by atoms with Crippen molar-refractivity contribution in [2.45, 2.75) is 6.29 Å². The first-order valence-electron chi connectivity index (χ1n) is 7.93. The molecule has 0 aromatic heterocycles. The molecule has 2 aromatic carbocycles. The van der Waals surface area contributed by atoms with E-state index in [1.165, 1.54) is 17.0 Å². The lowest BCUT2D eigenvalue weighted by Gasteiger charge is -2.25. The Morgan fingerprint density at radius 2 is 2.04 bits per heavy atom. The van der Waals surface area contributed by atoms with Crippen LogP contribution in [-0.2, 0) is 9.59 Å². The second-order valence-corrected chi connectivity index (χ2v) is 5.75. The Morgan fingerprint density at radius 1 is 1.27 bits per heavy atom. The van der Waals surface area contributed by atoms with Crippen molar-refractivity contribution >= 4 is 29.3 Å². The Kier molecular flexibility index (Phi) is 5.01. The third kappa shape index (κ3) is 3.74. The molecule has 2 amide bonds. The van der Waals surface area contributed by atoms with E-state index in [2.05, 4.69) is 5.32 Å². The van der Waals surface area contributed by atoms with Crippen molar-refractivity contribution < 1.29 is 24.5 Å². The third-order valence-electron chi connectivity index (χ3n) is 3.99. The maximum absolute atomic E-state index is 12.1. The van der Waals surface area contributed by atoms with E-state index >= 15 is 0 Å². The highest BCUT2D eigenvalue weighted by Gasteiger charge is 2.21. The van der Waals surface area contributed by atoms with Crippen LogP contribution in [0.5, 0.6) is 5.75 Å². The number of fused-ring (bicyclic) bond motifs is 1. The van der Waals surface area contributed by atoms with Crippen LogP contribution in [0.25, 0.3) is 6.08 Å². The topological polar surface area (TPSA) is 99.1 Å². The normalized spacial score (nSPS) is 13.7. The maximum Gasteiger partial charge on any atom is 0.264 e. The minimum Gasteiger partial charge on any atom is -0.482 e. The molecule has 0 saturated heterocycles. The highest BCUT2D eigenvalue weighted by atomic mass is 16.5. The first-order chi connectivity index (χ1) is 12.5. The Morgan fingerprint density at radius 3 is 2.81 bits per heavy atom. The number of ether oxygens (including phenoxy) is 1. The van der Waals surface area contributed by atoms with Crippen LogP contribution < -0.4 is 15.0 Å². The van der Waals surface area contributed by atoms with Crippen molar-refractivity contribution in [1.82, 2.24) is 0 Å². The van der Waals surface area contributed by atoms with Crippen molar-refractivity contribution in [3.05, 3.63) is 59.7 Å². The monoisotopic (exact) mass is 354 g/mol. The molecule has 0 fully saturated rings. The number of rotatable bonds is 4. The lowest BCUT2D eigenvalue weighted by molar-refractivity contribution is -0.121. The van der Waals surface area contributed by atoms with Crippen molar-refractivity contribution in [2.24, 2.45) is 0 Å². The number of carbonyl (C=O) groups is 2. The average Bonchev–Trinajstić information content (AvgIpc) is 2.63. The fourth-order valence-corrected chi connectivity index (χ4v) is 2.58. The van der Waals surface area contributed by atoms with E-state index in [0.29, 0.717) is 17.1 Å². The number of benzene rings is 2. The van der Waals surface area contributed by atoms with Crippen molar-refractivity contribution in [3.8, 4) is 5.75 Å². The fourth-order valence-electron chi connectivity index (χ4n) is 2.58. The van der Waals surface area contributed by atoms with E-state index < -0.39 is 12.2 Å². The number of nitrogens with one attached hydrogen (secondary N) is 1. The van der Waals surface area contributed by atoms with Gasteiger partial charge in [-0.2, -0.15) is 0 Å². The summed E-state index contributed by atoms with van der Waals surface area (Å²) in [4.78, 5) is 25.2. The van der Waals surface area contributed by atoms with Gasteiger partial charge < -0.3 is 25.2 Å². The second kappa shape index (κ2) is 7.38. The summed E-state index contributed by atoms with van der Waals surface area (Å²) in [7, 11) is 1.68. The molecule has 7 nitrogen and oxygen atoms in total. The number of anilines is 2. The van der Waals surface area contributed by atoms with Gasteiger partial charge >= 0.3 is 0 Å². The molecule has 1 aliphatic heterocycles. The van der Waals surface area contributed by atoms with E-state index in [9.17, 15) is 19.8 Å². The second-order valence-electron chi connectivity index (χ2n) is 5.75. The molecule has 1 aliphatic rings. The number of aliphatic hydroxyl groups is 2. The average molecular weight is 354 g/mol. The summed E-state index contributed by atoms with van der Waals surface area (Å²) in [6.45, 7) is -0.0164. The number of nitrogens with zero attached hydrogens (tertiary/aromatic N) is 1. The molecule has 0 radical (unpaired) electrons. The van der Waals surface area contributed by atoms with Gasteiger partial charge in [0.05, 0.1) is 5.69 Å². The van der Waals surface area contributed by atoms with Gasteiger partial charge in [-0.15, -0.1) is 0 Å². The van der Waals surface area contributed by atoms with E-state index in [1.54, 1.807) is 49.5 Å². The zero-order valence-corrected chi connectivity index (χ0v) is 14.0. The molecule has 0 bridgehead atoms. The lowest BCUT2D eigenvalue weighted by Crippen LogP contribution is -2.35. The fraction of sp³-hybridized carbons (Fsp3) is 0.158. The van der Waals surface area contributed by atoms with Crippen LogP contribution in [0, 0.1) is 0 Å². The predicted octanol–water partition coefficient (Wildman–Crippen LogP) is 1.68. The number of amides is 2. The van der Waals surface area contributed by atoms with Crippen LogP contribution in [0.4, 0.5) is 11.4 Å². The molecule has 0 unspecified atom stereocenters. The Hall–Kier alpha value is -3.16. The highest BCUT2D eigenvalue weighted by molar-refractivity contribution is 6.02. The van der Waals surface area contributed by atoms with E-state index in [4.69, 9.17) is 4.74 Å². The number of likely N-dealkylation sites (N-methyl/N-ethyl adjacent to an activating group) is 1. The van der Waals surface area contributed by atoms with Crippen LogP contribution in [-0.4, -0.2) is 35.7 Å². The van der Waals surface area contributed by atoms with Gasteiger partial charge in [0.2, 0.25) is 5.91 Å². The molecule has 0 atom stereocenters. The molecule has 26 heavy (non-hydrogen) atoms. The van der Waals surface area contributed by atoms with E-state index in [1.807, 2.05) is 0 Å². The minimum atomic E-state index is -1.67. The van der Waals surface area contributed by atoms with Crippen molar-refractivity contribution in [1.29, 1.82) is 0 Å². The minimum absolute atomic E-state index is 0.0164.